The predicted molar refractivity (Wildman–Crippen MR) is 93.7 cm³/mol. The van der Waals surface area contributed by atoms with Crippen LogP contribution in [0.1, 0.15) is 24.8 Å². The molecule has 0 radical (unpaired) electrons. The lowest BCUT2D eigenvalue weighted by Crippen LogP contribution is -2.29. The first-order valence-electron chi connectivity index (χ1n) is 7.96. The van der Waals surface area contributed by atoms with Crippen molar-refractivity contribution < 1.29 is 14.3 Å². The van der Waals surface area contributed by atoms with E-state index in [2.05, 4.69) is 10.6 Å². The normalized spacial score (nSPS) is 17.0. The first-order valence-corrected chi connectivity index (χ1v) is 9.11. The van der Waals surface area contributed by atoms with E-state index in [4.69, 9.17) is 4.74 Å². The zero-order valence-corrected chi connectivity index (χ0v) is 14.3. The monoisotopic (exact) mass is 336 g/mol. The Morgan fingerprint density at radius 3 is 2.87 bits per heavy atom. The number of anilines is 1. The van der Waals surface area contributed by atoms with Crippen molar-refractivity contribution >= 4 is 29.3 Å². The van der Waals surface area contributed by atoms with Gasteiger partial charge < -0.3 is 15.4 Å². The zero-order valence-electron chi connectivity index (χ0n) is 13.5. The molecule has 1 unspecified atom stereocenters. The van der Waals surface area contributed by atoms with Crippen molar-refractivity contribution in [3.05, 3.63) is 29.8 Å². The molecule has 0 bridgehead atoms. The summed E-state index contributed by atoms with van der Waals surface area (Å²) in [6.07, 6.45) is 3.36. The molecule has 0 aliphatic carbocycles. The third-order valence-corrected chi connectivity index (χ3v) is 4.51. The Balaban J connectivity index is 1.54. The minimum Gasteiger partial charge on any atom is -0.378 e. The summed E-state index contributed by atoms with van der Waals surface area (Å²) in [4.78, 5) is 23.5. The number of ether oxygens (including phenoxy) is 1. The smallest absolute Gasteiger partial charge is 0.234 e. The highest BCUT2D eigenvalue weighted by atomic mass is 32.2. The van der Waals surface area contributed by atoms with Crippen LogP contribution in [-0.2, 0) is 14.3 Å². The van der Waals surface area contributed by atoms with Crippen molar-refractivity contribution in [3.63, 3.8) is 0 Å². The molecule has 1 atom stereocenters. The molecule has 1 aromatic carbocycles. The van der Waals surface area contributed by atoms with Gasteiger partial charge in [-0.2, -0.15) is 0 Å². The summed E-state index contributed by atoms with van der Waals surface area (Å²) in [6.45, 7) is 3.45. The molecule has 1 aliphatic heterocycles. The van der Waals surface area contributed by atoms with E-state index in [0.29, 0.717) is 18.4 Å². The molecule has 6 heteroatoms. The van der Waals surface area contributed by atoms with Gasteiger partial charge in [0.2, 0.25) is 11.8 Å². The number of carbonyl (C=O) groups excluding carboxylic acids is 2. The van der Waals surface area contributed by atoms with Gasteiger partial charge in [-0.1, -0.05) is 12.1 Å². The quantitative estimate of drug-likeness (QED) is 0.765. The first kappa shape index (κ1) is 17.8. The fraction of sp³-hybridized carbons (Fsp3) is 0.529. The predicted octanol–water partition coefficient (Wildman–Crippen LogP) is 2.35. The first-order chi connectivity index (χ1) is 11.1. The molecule has 0 aromatic heterocycles. The van der Waals surface area contributed by atoms with Crippen LogP contribution in [0.25, 0.3) is 0 Å². The highest BCUT2D eigenvalue weighted by Gasteiger charge is 2.15. The van der Waals surface area contributed by atoms with E-state index < -0.39 is 0 Å². The molecule has 2 amide bonds. The van der Waals surface area contributed by atoms with E-state index in [0.717, 1.165) is 37.1 Å². The number of benzene rings is 1. The van der Waals surface area contributed by atoms with Crippen molar-refractivity contribution in [3.8, 4) is 0 Å². The van der Waals surface area contributed by atoms with E-state index in [1.165, 1.54) is 11.8 Å². The number of hydrogen-bond donors (Lipinski definition) is 2. The number of carbonyl (C=O) groups is 2. The molecule has 1 aromatic rings. The molecule has 1 fully saturated rings. The Labute approximate surface area is 141 Å². The highest BCUT2D eigenvalue weighted by molar-refractivity contribution is 8.00. The minimum absolute atomic E-state index is 0.0312. The Morgan fingerprint density at radius 2 is 2.13 bits per heavy atom. The second-order valence-corrected chi connectivity index (χ2v) is 6.67. The Hall–Kier alpha value is -1.53. The fourth-order valence-corrected chi connectivity index (χ4v) is 3.10. The summed E-state index contributed by atoms with van der Waals surface area (Å²) in [7, 11) is 0. The summed E-state index contributed by atoms with van der Waals surface area (Å²) in [5.41, 5.74) is 1.89. The van der Waals surface area contributed by atoms with Crippen LogP contribution in [0.3, 0.4) is 0 Å². The van der Waals surface area contributed by atoms with Crippen molar-refractivity contribution in [2.45, 2.75) is 32.3 Å². The fourth-order valence-electron chi connectivity index (χ4n) is 2.45. The molecular weight excluding hydrogens is 312 g/mol. The Kier molecular flexibility index (Phi) is 7.42. The summed E-state index contributed by atoms with van der Waals surface area (Å²) < 4.78 is 5.50. The van der Waals surface area contributed by atoms with Gasteiger partial charge in [-0.05, 0) is 43.9 Å². The van der Waals surface area contributed by atoms with Gasteiger partial charge in [-0.3, -0.25) is 9.59 Å². The lowest BCUT2D eigenvalue weighted by atomic mass is 10.2. The number of nitrogens with one attached hydrogen (secondary N) is 2. The maximum atomic E-state index is 11.8. The van der Waals surface area contributed by atoms with Crippen LogP contribution in [0.2, 0.25) is 0 Å². The molecule has 23 heavy (non-hydrogen) atoms. The van der Waals surface area contributed by atoms with Crippen LogP contribution >= 0.6 is 11.8 Å². The molecule has 0 saturated carbocycles. The Morgan fingerprint density at radius 1 is 1.30 bits per heavy atom. The molecule has 1 aliphatic rings. The number of aryl methyl sites for hydroxylation is 1. The summed E-state index contributed by atoms with van der Waals surface area (Å²) in [6, 6.07) is 7.65. The maximum absolute atomic E-state index is 11.8. The van der Waals surface area contributed by atoms with Gasteiger partial charge >= 0.3 is 0 Å². The van der Waals surface area contributed by atoms with Gasteiger partial charge in [0.25, 0.3) is 0 Å². The number of hydrogen-bond acceptors (Lipinski definition) is 4. The Bertz CT molecular complexity index is 530. The van der Waals surface area contributed by atoms with Crippen LogP contribution < -0.4 is 10.6 Å². The third kappa shape index (κ3) is 7.05. The van der Waals surface area contributed by atoms with E-state index >= 15 is 0 Å². The van der Waals surface area contributed by atoms with E-state index in [9.17, 15) is 9.59 Å². The van der Waals surface area contributed by atoms with Crippen LogP contribution in [0, 0.1) is 6.92 Å². The van der Waals surface area contributed by atoms with Crippen LogP contribution in [0.5, 0.6) is 0 Å². The van der Waals surface area contributed by atoms with Gasteiger partial charge in [0.05, 0.1) is 17.6 Å². The summed E-state index contributed by atoms with van der Waals surface area (Å²) >= 11 is 1.32. The number of amides is 2. The molecule has 126 valence electrons. The van der Waals surface area contributed by atoms with Gasteiger partial charge in [0.1, 0.15) is 0 Å². The second kappa shape index (κ2) is 9.57. The SMILES string of the molecule is Cc1cccc(NC(=O)CSCC(=O)NCCC2CCCO2)c1. The van der Waals surface area contributed by atoms with Gasteiger partial charge in [-0.15, -0.1) is 11.8 Å². The molecule has 1 heterocycles. The highest BCUT2D eigenvalue weighted by Crippen LogP contribution is 2.14. The average molecular weight is 336 g/mol. The third-order valence-electron chi connectivity index (χ3n) is 3.58. The zero-order chi connectivity index (χ0) is 16.5. The van der Waals surface area contributed by atoms with Crippen molar-refractivity contribution in [1.82, 2.24) is 5.32 Å². The van der Waals surface area contributed by atoms with E-state index in [1.54, 1.807) is 0 Å². The van der Waals surface area contributed by atoms with Gasteiger partial charge in [0.15, 0.2) is 0 Å². The molecule has 2 rings (SSSR count). The van der Waals surface area contributed by atoms with Crippen LogP contribution in [0.4, 0.5) is 5.69 Å². The maximum Gasteiger partial charge on any atom is 0.234 e. The van der Waals surface area contributed by atoms with Gasteiger partial charge in [-0.25, -0.2) is 0 Å². The number of rotatable bonds is 8. The molecule has 5 nitrogen and oxygen atoms in total. The summed E-state index contributed by atoms with van der Waals surface area (Å²) in [5, 5.41) is 5.70. The molecular formula is C17H24N2O3S. The largest absolute Gasteiger partial charge is 0.378 e. The van der Waals surface area contributed by atoms with Crippen LogP contribution in [0.15, 0.2) is 24.3 Å². The van der Waals surface area contributed by atoms with Crippen molar-refractivity contribution in [2.75, 3.05) is 30.0 Å². The topological polar surface area (TPSA) is 67.4 Å². The number of thioether (sulfide) groups is 1. The standard InChI is InChI=1S/C17H24N2O3S/c1-13-4-2-5-14(10-13)19-17(21)12-23-11-16(20)18-8-7-15-6-3-9-22-15/h2,4-5,10,15H,3,6-9,11-12H2,1H3,(H,18,20)(H,19,21). The van der Waals surface area contributed by atoms with Crippen molar-refractivity contribution in [1.29, 1.82) is 0 Å². The molecule has 2 N–H and O–H groups in total. The lowest BCUT2D eigenvalue weighted by Gasteiger charge is -2.10. The molecule has 1 saturated heterocycles. The van der Waals surface area contributed by atoms with E-state index in [1.807, 2.05) is 31.2 Å². The van der Waals surface area contributed by atoms with E-state index in [-0.39, 0.29) is 17.6 Å². The minimum atomic E-state index is -0.0900. The van der Waals surface area contributed by atoms with Crippen LogP contribution in [-0.4, -0.2) is 42.6 Å². The second-order valence-electron chi connectivity index (χ2n) is 5.68. The van der Waals surface area contributed by atoms with Crippen molar-refractivity contribution in [2.24, 2.45) is 0 Å². The van der Waals surface area contributed by atoms with Gasteiger partial charge in [0, 0.05) is 18.8 Å². The lowest BCUT2D eigenvalue weighted by molar-refractivity contribution is -0.118. The molecule has 0 spiro atoms. The average Bonchev–Trinajstić information content (AvgIpc) is 3.00. The summed E-state index contributed by atoms with van der Waals surface area (Å²) in [5.74, 6) is 0.448.